The predicted octanol–water partition coefficient (Wildman–Crippen LogP) is 1.77. The standard InChI is InChI=1S/C15H19N3O4S/c1-5-7(2)22-15(21)9(4)18-6-17-13-10(14(18)20)8(3)11(23-13)12(16)19/h6-7,9H,5H2,1-4H3,(H2,16,19)/t7-,9+/m0/s1. The number of primary amides is 1. The maximum absolute atomic E-state index is 12.7. The number of rotatable bonds is 5. The Morgan fingerprint density at radius 2 is 2.09 bits per heavy atom. The van der Waals surface area contributed by atoms with Crippen LogP contribution in [0, 0.1) is 6.92 Å². The second kappa shape index (κ2) is 6.49. The zero-order valence-corrected chi connectivity index (χ0v) is 14.3. The van der Waals surface area contributed by atoms with E-state index in [1.54, 1.807) is 20.8 Å². The van der Waals surface area contributed by atoms with Crippen LogP contribution >= 0.6 is 11.3 Å². The molecule has 2 heterocycles. The Hall–Kier alpha value is -2.22. The number of esters is 1. The number of thiophene rings is 1. The summed E-state index contributed by atoms with van der Waals surface area (Å²) in [6, 6.07) is -0.801. The van der Waals surface area contributed by atoms with Gasteiger partial charge in [-0.3, -0.25) is 14.2 Å². The van der Waals surface area contributed by atoms with Crippen LogP contribution in [0.1, 0.15) is 48.5 Å². The smallest absolute Gasteiger partial charge is 0.329 e. The number of amides is 1. The van der Waals surface area contributed by atoms with Crippen LogP contribution in [0.5, 0.6) is 0 Å². The molecule has 8 heteroatoms. The van der Waals surface area contributed by atoms with Crippen molar-refractivity contribution in [3.8, 4) is 0 Å². The normalized spacial score (nSPS) is 13.7. The zero-order valence-electron chi connectivity index (χ0n) is 13.5. The first-order valence-electron chi connectivity index (χ1n) is 7.28. The average molecular weight is 337 g/mol. The van der Waals surface area contributed by atoms with Gasteiger partial charge in [0.05, 0.1) is 22.7 Å². The number of aryl methyl sites for hydroxylation is 1. The molecule has 0 unspecified atom stereocenters. The van der Waals surface area contributed by atoms with Crippen molar-refractivity contribution < 1.29 is 14.3 Å². The number of fused-ring (bicyclic) bond motifs is 1. The molecular weight excluding hydrogens is 318 g/mol. The fourth-order valence-electron chi connectivity index (χ4n) is 2.14. The third-order valence-corrected chi connectivity index (χ3v) is 4.96. The van der Waals surface area contributed by atoms with Gasteiger partial charge in [0.25, 0.3) is 11.5 Å². The molecule has 0 aromatic carbocycles. The highest BCUT2D eigenvalue weighted by atomic mass is 32.1. The molecule has 0 radical (unpaired) electrons. The lowest BCUT2D eigenvalue weighted by Gasteiger charge is -2.17. The molecule has 23 heavy (non-hydrogen) atoms. The second-order valence-electron chi connectivity index (χ2n) is 5.39. The predicted molar refractivity (Wildman–Crippen MR) is 87.7 cm³/mol. The molecule has 2 aromatic heterocycles. The van der Waals surface area contributed by atoms with E-state index < -0.39 is 17.9 Å². The summed E-state index contributed by atoms with van der Waals surface area (Å²) in [7, 11) is 0. The number of carbonyl (C=O) groups excluding carboxylic acids is 2. The van der Waals surface area contributed by atoms with Crippen molar-refractivity contribution in [1.29, 1.82) is 0 Å². The highest BCUT2D eigenvalue weighted by molar-refractivity contribution is 7.20. The van der Waals surface area contributed by atoms with Crippen molar-refractivity contribution in [3.05, 3.63) is 27.1 Å². The first-order valence-corrected chi connectivity index (χ1v) is 8.10. The molecule has 0 saturated carbocycles. The topological polar surface area (TPSA) is 104 Å². The first kappa shape index (κ1) is 17.1. The monoisotopic (exact) mass is 337 g/mol. The van der Waals surface area contributed by atoms with E-state index in [2.05, 4.69) is 4.98 Å². The SMILES string of the molecule is CC[C@H](C)OC(=O)[C@@H](C)n1cnc2sc(C(N)=O)c(C)c2c1=O. The lowest BCUT2D eigenvalue weighted by atomic mass is 10.2. The summed E-state index contributed by atoms with van der Waals surface area (Å²) < 4.78 is 6.48. The van der Waals surface area contributed by atoms with Crippen molar-refractivity contribution in [2.75, 3.05) is 0 Å². The van der Waals surface area contributed by atoms with Gasteiger partial charge in [0, 0.05) is 0 Å². The van der Waals surface area contributed by atoms with Crippen LogP contribution in [0.4, 0.5) is 0 Å². The number of ether oxygens (including phenoxy) is 1. The van der Waals surface area contributed by atoms with Crippen LogP contribution < -0.4 is 11.3 Å². The highest BCUT2D eigenvalue weighted by Crippen LogP contribution is 2.26. The number of carbonyl (C=O) groups is 2. The van der Waals surface area contributed by atoms with Crippen LogP contribution in [0.25, 0.3) is 10.2 Å². The van der Waals surface area contributed by atoms with Crippen LogP contribution in [0.3, 0.4) is 0 Å². The number of hydrogen-bond donors (Lipinski definition) is 1. The molecule has 0 aliphatic heterocycles. The molecule has 124 valence electrons. The van der Waals surface area contributed by atoms with Gasteiger partial charge in [-0.25, -0.2) is 9.78 Å². The molecule has 2 N–H and O–H groups in total. The third kappa shape index (κ3) is 3.12. The molecular formula is C15H19N3O4S. The third-order valence-electron chi connectivity index (χ3n) is 3.75. The van der Waals surface area contributed by atoms with Gasteiger partial charge in [-0.2, -0.15) is 0 Å². The summed E-state index contributed by atoms with van der Waals surface area (Å²) >= 11 is 1.07. The first-order chi connectivity index (χ1) is 10.8. The van der Waals surface area contributed by atoms with Crippen LogP contribution in [0.15, 0.2) is 11.1 Å². The maximum Gasteiger partial charge on any atom is 0.329 e. The largest absolute Gasteiger partial charge is 0.461 e. The quantitative estimate of drug-likeness (QED) is 0.837. The maximum atomic E-state index is 12.7. The molecule has 0 saturated heterocycles. The van der Waals surface area contributed by atoms with Crippen molar-refractivity contribution in [2.45, 2.75) is 46.3 Å². The Bertz CT molecular complexity index is 824. The highest BCUT2D eigenvalue weighted by Gasteiger charge is 2.23. The van der Waals surface area contributed by atoms with Crippen LogP contribution in [0.2, 0.25) is 0 Å². The minimum Gasteiger partial charge on any atom is -0.461 e. The Balaban J connectivity index is 2.49. The summed E-state index contributed by atoms with van der Waals surface area (Å²) in [6.07, 6.45) is 1.77. The van der Waals surface area contributed by atoms with Gasteiger partial charge in [-0.05, 0) is 32.8 Å². The summed E-state index contributed by atoms with van der Waals surface area (Å²) in [6.45, 7) is 6.92. The van der Waals surface area contributed by atoms with Gasteiger partial charge in [0.1, 0.15) is 10.9 Å². The second-order valence-corrected chi connectivity index (χ2v) is 6.39. The Morgan fingerprint density at radius 1 is 1.43 bits per heavy atom. The van der Waals surface area contributed by atoms with E-state index in [4.69, 9.17) is 10.5 Å². The van der Waals surface area contributed by atoms with Crippen molar-refractivity contribution in [2.24, 2.45) is 5.73 Å². The zero-order chi connectivity index (χ0) is 17.3. The van der Waals surface area contributed by atoms with Crippen molar-refractivity contribution in [1.82, 2.24) is 9.55 Å². The van der Waals surface area contributed by atoms with Gasteiger partial charge in [0.15, 0.2) is 0 Å². The van der Waals surface area contributed by atoms with E-state index in [9.17, 15) is 14.4 Å². The van der Waals surface area contributed by atoms with E-state index in [0.29, 0.717) is 27.1 Å². The Kier molecular flexibility index (Phi) is 4.84. The van der Waals surface area contributed by atoms with Crippen LogP contribution in [-0.2, 0) is 9.53 Å². The van der Waals surface area contributed by atoms with E-state index in [0.717, 1.165) is 11.3 Å². The van der Waals surface area contributed by atoms with E-state index in [1.807, 2.05) is 6.92 Å². The Morgan fingerprint density at radius 3 is 2.65 bits per heavy atom. The fourth-order valence-corrected chi connectivity index (χ4v) is 3.13. The number of hydrogen-bond acceptors (Lipinski definition) is 6. The molecule has 0 bridgehead atoms. The molecule has 2 atom stereocenters. The van der Waals surface area contributed by atoms with Gasteiger partial charge in [0.2, 0.25) is 0 Å². The summed E-state index contributed by atoms with van der Waals surface area (Å²) in [5, 5.41) is 0.314. The van der Waals surface area contributed by atoms with Gasteiger partial charge in [-0.15, -0.1) is 11.3 Å². The van der Waals surface area contributed by atoms with Crippen LogP contribution in [-0.4, -0.2) is 27.5 Å². The molecule has 2 rings (SSSR count). The number of aromatic nitrogens is 2. The molecule has 0 aliphatic carbocycles. The van der Waals surface area contributed by atoms with E-state index in [-0.39, 0.29) is 11.7 Å². The van der Waals surface area contributed by atoms with E-state index in [1.165, 1.54) is 10.9 Å². The minimum atomic E-state index is -0.801. The molecule has 2 aromatic rings. The minimum absolute atomic E-state index is 0.221. The molecule has 0 spiro atoms. The Labute approximate surface area is 137 Å². The van der Waals surface area contributed by atoms with Crippen molar-refractivity contribution >= 4 is 33.4 Å². The fraction of sp³-hybridized carbons (Fsp3) is 0.467. The van der Waals surface area contributed by atoms with Gasteiger partial charge >= 0.3 is 5.97 Å². The molecule has 0 fully saturated rings. The van der Waals surface area contributed by atoms with Crippen molar-refractivity contribution in [3.63, 3.8) is 0 Å². The average Bonchev–Trinajstić information content (AvgIpc) is 2.84. The lowest BCUT2D eigenvalue weighted by molar-refractivity contribution is -0.152. The summed E-state index contributed by atoms with van der Waals surface area (Å²) in [5.74, 6) is -1.09. The van der Waals surface area contributed by atoms with Gasteiger partial charge in [-0.1, -0.05) is 6.92 Å². The molecule has 0 aliphatic rings. The molecule has 7 nitrogen and oxygen atoms in total. The summed E-state index contributed by atoms with van der Waals surface area (Å²) in [5.41, 5.74) is 5.41. The van der Waals surface area contributed by atoms with E-state index >= 15 is 0 Å². The summed E-state index contributed by atoms with van der Waals surface area (Å²) in [4.78, 5) is 41.1. The van der Waals surface area contributed by atoms with Gasteiger partial charge < -0.3 is 10.5 Å². The number of nitrogens with zero attached hydrogens (tertiary/aromatic N) is 2. The molecule has 1 amide bonds. The number of nitrogens with two attached hydrogens (primary N) is 1. The lowest BCUT2D eigenvalue weighted by Crippen LogP contribution is -2.31.